The van der Waals surface area contributed by atoms with Gasteiger partial charge in [0.2, 0.25) is 0 Å². The van der Waals surface area contributed by atoms with Gasteiger partial charge in [-0.2, -0.15) is 10.5 Å². The average molecular weight is 199 g/mol. The Balaban J connectivity index is 2.93. The van der Waals surface area contributed by atoms with Crippen molar-refractivity contribution in [2.45, 2.75) is 26.2 Å². The van der Waals surface area contributed by atoms with Crippen LogP contribution in [0.1, 0.15) is 37.4 Å². The van der Waals surface area contributed by atoms with Gasteiger partial charge in [-0.25, -0.2) is 4.98 Å². The van der Waals surface area contributed by atoms with Crippen molar-refractivity contribution in [1.29, 1.82) is 10.5 Å². The van der Waals surface area contributed by atoms with Gasteiger partial charge >= 0.3 is 0 Å². The Bertz CT molecular complexity index is 392. The van der Waals surface area contributed by atoms with Crippen LogP contribution in [0.4, 0.5) is 0 Å². The van der Waals surface area contributed by atoms with Crippen molar-refractivity contribution in [3.05, 3.63) is 29.6 Å². The Morgan fingerprint density at radius 1 is 1.33 bits per heavy atom. The van der Waals surface area contributed by atoms with E-state index in [-0.39, 0.29) is 5.92 Å². The van der Waals surface area contributed by atoms with Crippen LogP contribution in [0.5, 0.6) is 0 Å². The third-order valence-electron chi connectivity index (χ3n) is 2.44. The van der Waals surface area contributed by atoms with Crippen LogP contribution in [0.2, 0.25) is 0 Å². The molecular formula is C12H13N3. The molecule has 0 radical (unpaired) electrons. The second-order valence-electron chi connectivity index (χ2n) is 3.80. The number of hydrogen-bond acceptors (Lipinski definition) is 3. The molecule has 76 valence electrons. The summed E-state index contributed by atoms with van der Waals surface area (Å²) in [5.74, 6) is 0.606. The number of hydrogen-bond donors (Lipinski definition) is 0. The van der Waals surface area contributed by atoms with E-state index in [1.54, 1.807) is 12.3 Å². The molecule has 0 spiro atoms. The monoisotopic (exact) mass is 199 g/mol. The van der Waals surface area contributed by atoms with Gasteiger partial charge in [0, 0.05) is 18.5 Å². The molecule has 0 aromatic carbocycles. The minimum absolute atomic E-state index is 0.204. The molecule has 1 atom stereocenters. The molecule has 0 fully saturated rings. The zero-order valence-corrected chi connectivity index (χ0v) is 8.94. The molecule has 1 rings (SSSR count). The van der Waals surface area contributed by atoms with E-state index in [0.29, 0.717) is 18.0 Å². The summed E-state index contributed by atoms with van der Waals surface area (Å²) in [4.78, 5) is 4.01. The minimum atomic E-state index is 0.204. The Kier molecular flexibility index (Phi) is 3.83. The van der Waals surface area contributed by atoms with Crippen LogP contribution in [0, 0.1) is 28.6 Å². The first kappa shape index (κ1) is 11.2. The van der Waals surface area contributed by atoms with Crippen LogP contribution >= 0.6 is 0 Å². The van der Waals surface area contributed by atoms with E-state index in [9.17, 15) is 0 Å². The Hall–Kier alpha value is -1.87. The summed E-state index contributed by atoms with van der Waals surface area (Å²) in [6.45, 7) is 4.17. The normalized spacial score (nSPS) is 11.8. The van der Waals surface area contributed by atoms with E-state index in [0.717, 1.165) is 5.56 Å². The number of rotatable bonds is 3. The highest BCUT2D eigenvalue weighted by molar-refractivity contribution is 5.26. The van der Waals surface area contributed by atoms with Gasteiger partial charge in [-0.15, -0.1) is 0 Å². The lowest BCUT2D eigenvalue weighted by Crippen LogP contribution is -2.06. The highest BCUT2D eigenvalue weighted by atomic mass is 14.7. The predicted molar refractivity (Wildman–Crippen MR) is 56.8 cm³/mol. The first-order chi connectivity index (χ1) is 7.19. The Morgan fingerprint density at radius 2 is 2.07 bits per heavy atom. The maximum absolute atomic E-state index is 8.72. The van der Waals surface area contributed by atoms with E-state index in [2.05, 4.69) is 24.9 Å². The number of nitriles is 2. The third-order valence-corrected chi connectivity index (χ3v) is 2.44. The van der Waals surface area contributed by atoms with E-state index in [1.807, 2.05) is 12.1 Å². The molecule has 0 saturated heterocycles. The molecule has 0 saturated carbocycles. The van der Waals surface area contributed by atoms with Gasteiger partial charge in [0.1, 0.15) is 11.8 Å². The van der Waals surface area contributed by atoms with Crippen LogP contribution in [-0.4, -0.2) is 4.98 Å². The fourth-order valence-electron chi connectivity index (χ4n) is 1.53. The van der Waals surface area contributed by atoms with Crippen LogP contribution < -0.4 is 0 Å². The number of aromatic nitrogens is 1. The molecule has 0 aliphatic heterocycles. The summed E-state index contributed by atoms with van der Waals surface area (Å²) >= 11 is 0. The molecule has 0 aliphatic carbocycles. The van der Waals surface area contributed by atoms with Crippen molar-refractivity contribution in [3.63, 3.8) is 0 Å². The van der Waals surface area contributed by atoms with E-state index < -0.39 is 0 Å². The minimum Gasteiger partial charge on any atom is -0.245 e. The molecular weight excluding hydrogens is 186 g/mol. The molecule has 0 N–H and O–H groups in total. The quantitative estimate of drug-likeness (QED) is 0.751. The summed E-state index contributed by atoms with van der Waals surface area (Å²) in [5, 5.41) is 17.3. The molecule has 0 amide bonds. The van der Waals surface area contributed by atoms with Crippen molar-refractivity contribution in [2.24, 2.45) is 5.92 Å². The molecule has 1 unspecified atom stereocenters. The van der Waals surface area contributed by atoms with Gasteiger partial charge < -0.3 is 0 Å². The fourth-order valence-corrected chi connectivity index (χ4v) is 1.53. The molecule has 0 aliphatic rings. The van der Waals surface area contributed by atoms with E-state index >= 15 is 0 Å². The number of nitrogens with zero attached hydrogens (tertiary/aromatic N) is 3. The first-order valence-electron chi connectivity index (χ1n) is 4.92. The van der Waals surface area contributed by atoms with Crippen molar-refractivity contribution in [1.82, 2.24) is 4.98 Å². The fraction of sp³-hybridized carbons (Fsp3) is 0.417. The van der Waals surface area contributed by atoms with Crippen LogP contribution in [-0.2, 0) is 0 Å². The molecule has 0 bridgehead atoms. The van der Waals surface area contributed by atoms with Crippen molar-refractivity contribution in [3.8, 4) is 12.1 Å². The largest absolute Gasteiger partial charge is 0.245 e. The van der Waals surface area contributed by atoms with Crippen LogP contribution in [0.15, 0.2) is 18.3 Å². The lowest BCUT2D eigenvalue weighted by molar-refractivity contribution is 0.504. The molecule has 1 aromatic rings. The highest BCUT2D eigenvalue weighted by Gasteiger charge is 2.15. The first-order valence-corrected chi connectivity index (χ1v) is 4.92. The third kappa shape index (κ3) is 2.79. The summed E-state index contributed by atoms with van der Waals surface area (Å²) in [7, 11) is 0. The van der Waals surface area contributed by atoms with Crippen molar-refractivity contribution < 1.29 is 0 Å². The maximum Gasteiger partial charge on any atom is 0.140 e. The smallest absolute Gasteiger partial charge is 0.140 e. The topological polar surface area (TPSA) is 60.5 Å². The highest BCUT2D eigenvalue weighted by Crippen LogP contribution is 2.26. The van der Waals surface area contributed by atoms with Crippen molar-refractivity contribution >= 4 is 0 Å². The van der Waals surface area contributed by atoms with Gasteiger partial charge in [-0.3, -0.25) is 0 Å². The number of pyridine rings is 1. The molecule has 1 aromatic heterocycles. The SMILES string of the molecule is CC(C)C(CC#N)c1ccc(C#N)nc1. The molecule has 1 heterocycles. The maximum atomic E-state index is 8.72. The summed E-state index contributed by atoms with van der Waals surface area (Å²) < 4.78 is 0. The van der Waals surface area contributed by atoms with Gasteiger partial charge in [-0.1, -0.05) is 19.9 Å². The van der Waals surface area contributed by atoms with Crippen molar-refractivity contribution in [2.75, 3.05) is 0 Å². The van der Waals surface area contributed by atoms with E-state index in [4.69, 9.17) is 10.5 Å². The molecule has 3 heteroatoms. The van der Waals surface area contributed by atoms with Crippen LogP contribution in [0.25, 0.3) is 0 Å². The summed E-state index contributed by atoms with van der Waals surface area (Å²) in [6.07, 6.45) is 2.19. The standard InChI is InChI=1S/C12H13N3/c1-9(2)12(5-6-13)10-3-4-11(7-14)15-8-10/h3-4,8-9,12H,5H2,1-2H3. The van der Waals surface area contributed by atoms with Gasteiger partial charge in [0.05, 0.1) is 6.07 Å². The Morgan fingerprint density at radius 3 is 2.47 bits per heavy atom. The lowest BCUT2D eigenvalue weighted by Gasteiger charge is -2.17. The molecule has 3 nitrogen and oxygen atoms in total. The lowest BCUT2D eigenvalue weighted by atomic mass is 9.87. The zero-order valence-electron chi connectivity index (χ0n) is 8.94. The zero-order chi connectivity index (χ0) is 11.3. The Labute approximate surface area is 90.0 Å². The summed E-state index contributed by atoms with van der Waals surface area (Å²) in [5.41, 5.74) is 1.45. The summed E-state index contributed by atoms with van der Waals surface area (Å²) in [6, 6.07) is 7.74. The van der Waals surface area contributed by atoms with E-state index in [1.165, 1.54) is 0 Å². The second kappa shape index (κ2) is 5.12. The van der Waals surface area contributed by atoms with Crippen LogP contribution in [0.3, 0.4) is 0 Å². The predicted octanol–water partition coefficient (Wildman–Crippen LogP) is 2.61. The molecule has 15 heavy (non-hydrogen) atoms. The average Bonchev–Trinajstić information content (AvgIpc) is 2.26. The second-order valence-corrected chi connectivity index (χ2v) is 3.80. The van der Waals surface area contributed by atoms with Gasteiger partial charge in [-0.05, 0) is 17.5 Å². The van der Waals surface area contributed by atoms with Gasteiger partial charge in [0.15, 0.2) is 0 Å². The van der Waals surface area contributed by atoms with Gasteiger partial charge in [0.25, 0.3) is 0 Å².